The zero-order valence-electron chi connectivity index (χ0n) is 12.8. The van der Waals surface area contributed by atoms with Crippen LogP contribution in [0.1, 0.15) is 5.56 Å². The van der Waals surface area contributed by atoms with Gasteiger partial charge in [0.25, 0.3) is 0 Å². The third-order valence-corrected chi connectivity index (χ3v) is 4.79. The first-order chi connectivity index (χ1) is 12.2. The molecule has 1 aromatic carbocycles. The van der Waals surface area contributed by atoms with E-state index >= 15 is 0 Å². The van der Waals surface area contributed by atoms with Crippen molar-refractivity contribution in [2.75, 3.05) is 0 Å². The van der Waals surface area contributed by atoms with Crippen LogP contribution in [0.15, 0.2) is 58.6 Å². The molecule has 0 saturated carbocycles. The van der Waals surface area contributed by atoms with E-state index in [1.54, 1.807) is 35.3 Å². The van der Waals surface area contributed by atoms with Gasteiger partial charge < -0.3 is 0 Å². The molecule has 0 aliphatic carbocycles. The van der Waals surface area contributed by atoms with Crippen molar-refractivity contribution in [3.63, 3.8) is 0 Å². The Hall–Kier alpha value is -2.45. The van der Waals surface area contributed by atoms with Gasteiger partial charge in [0.2, 0.25) is 0 Å². The summed E-state index contributed by atoms with van der Waals surface area (Å²) in [5, 5.41) is 7.13. The summed E-state index contributed by atoms with van der Waals surface area (Å²) in [5.41, 5.74) is 1.18. The first-order valence-electron chi connectivity index (χ1n) is 7.41. The van der Waals surface area contributed by atoms with Crippen molar-refractivity contribution in [3.05, 3.63) is 70.0 Å². The van der Waals surface area contributed by atoms with E-state index in [9.17, 15) is 4.39 Å². The molecule has 5 nitrogen and oxygen atoms in total. The van der Waals surface area contributed by atoms with Crippen LogP contribution in [-0.2, 0) is 6.54 Å². The van der Waals surface area contributed by atoms with Gasteiger partial charge in [-0.3, -0.25) is 4.98 Å². The summed E-state index contributed by atoms with van der Waals surface area (Å²) in [5.74, 6) is 0.795. The summed E-state index contributed by atoms with van der Waals surface area (Å²) < 4.78 is 16.6. The van der Waals surface area contributed by atoms with Gasteiger partial charge in [-0.1, -0.05) is 34.1 Å². The van der Waals surface area contributed by atoms with Gasteiger partial charge in [0, 0.05) is 27.8 Å². The highest BCUT2D eigenvalue weighted by Crippen LogP contribution is 2.25. The van der Waals surface area contributed by atoms with Gasteiger partial charge in [0.15, 0.2) is 16.7 Å². The minimum atomic E-state index is -0.273. The van der Waals surface area contributed by atoms with E-state index in [4.69, 9.17) is 0 Å². The van der Waals surface area contributed by atoms with Crippen molar-refractivity contribution in [1.29, 1.82) is 0 Å². The molecular weight excluding hydrogens is 405 g/mol. The van der Waals surface area contributed by atoms with E-state index in [0.717, 1.165) is 9.48 Å². The van der Waals surface area contributed by atoms with E-state index < -0.39 is 0 Å². The van der Waals surface area contributed by atoms with Crippen LogP contribution in [0, 0.1) is 5.82 Å². The Labute approximate surface area is 155 Å². The fraction of sp³-hybridized carbons (Fsp3) is 0.0588. The smallest absolute Gasteiger partial charge is 0.200 e. The lowest BCUT2D eigenvalue weighted by molar-refractivity contribution is 0.587. The van der Waals surface area contributed by atoms with E-state index in [0.29, 0.717) is 22.9 Å². The van der Waals surface area contributed by atoms with Crippen molar-refractivity contribution in [2.45, 2.75) is 6.54 Å². The second-order valence-electron chi connectivity index (χ2n) is 5.20. The highest BCUT2D eigenvalue weighted by Gasteiger charge is 2.17. The molecule has 4 rings (SSSR count). The number of pyridine rings is 1. The molecule has 0 saturated heterocycles. The molecule has 0 aliphatic rings. The summed E-state index contributed by atoms with van der Waals surface area (Å²) in [4.78, 5) is 13.2. The van der Waals surface area contributed by atoms with Gasteiger partial charge in [-0.15, -0.1) is 16.4 Å². The average Bonchev–Trinajstić information content (AvgIpc) is 3.26. The topological polar surface area (TPSA) is 56.5 Å². The second-order valence-corrected chi connectivity index (χ2v) is 7.01. The van der Waals surface area contributed by atoms with Gasteiger partial charge in [-0.05, 0) is 18.2 Å². The maximum Gasteiger partial charge on any atom is 0.200 e. The first-order valence-corrected chi connectivity index (χ1v) is 9.08. The minimum absolute atomic E-state index is 0.266. The Balaban J connectivity index is 1.80. The van der Waals surface area contributed by atoms with Crippen LogP contribution in [-0.4, -0.2) is 24.7 Å². The van der Waals surface area contributed by atoms with E-state index in [1.807, 2.05) is 17.5 Å². The molecule has 0 unspecified atom stereocenters. The van der Waals surface area contributed by atoms with E-state index in [-0.39, 0.29) is 12.4 Å². The average molecular weight is 416 g/mol. The fourth-order valence-corrected chi connectivity index (χ4v) is 3.33. The highest BCUT2D eigenvalue weighted by molar-refractivity contribution is 9.10. The normalized spacial score (nSPS) is 11.0. The lowest BCUT2D eigenvalue weighted by atomic mass is 10.2. The molecule has 0 aliphatic heterocycles. The number of rotatable bonds is 4. The van der Waals surface area contributed by atoms with Gasteiger partial charge in [0.1, 0.15) is 11.5 Å². The quantitative estimate of drug-likeness (QED) is 0.495. The van der Waals surface area contributed by atoms with Crippen LogP contribution in [0.3, 0.4) is 0 Å². The summed E-state index contributed by atoms with van der Waals surface area (Å²) in [6.07, 6.45) is 3.39. The molecule has 3 aromatic heterocycles. The molecule has 0 amide bonds. The van der Waals surface area contributed by atoms with E-state index in [2.05, 4.69) is 36.0 Å². The Morgan fingerprint density at radius 3 is 2.76 bits per heavy atom. The Morgan fingerprint density at radius 1 is 1.12 bits per heavy atom. The number of thiazole rings is 1. The van der Waals surface area contributed by atoms with Crippen LogP contribution >= 0.6 is 27.3 Å². The number of benzene rings is 1. The summed E-state index contributed by atoms with van der Waals surface area (Å²) >= 11 is 4.88. The van der Waals surface area contributed by atoms with Gasteiger partial charge in [0.05, 0.1) is 6.54 Å². The van der Waals surface area contributed by atoms with Crippen molar-refractivity contribution >= 4 is 27.3 Å². The lowest BCUT2D eigenvalue weighted by Crippen LogP contribution is -2.06. The van der Waals surface area contributed by atoms with E-state index in [1.165, 1.54) is 17.4 Å². The molecule has 0 atom stereocenters. The van der Waals surface area contributed by atoms with Crippen LogP contribution in [0.5, 0.6) is 0 Å². The fourth-order valence-electron chi connectivity index (χ4n) is 2.37. The zero-order chi connectivity index (χ0) is 17.2. The molecule has 3 heterocycles. The monoisotopic (exact) mass is 415 g/mol. The SMILES string of the molecule is Fc1ccccc1Cn1nc(-c2cc(Br)ccn2)nc1-c1nccs1. The highest BCUT2D eigenvalue weighted by atomic mass is 79.9. The van der Waals surface area contributed by atoms with Gasteiger partial charge in [-0.2, -0.15) is 0 Å². The van der Waals surface area contributed by atoms with Crippen molar-refractivity contribution in [1.82, 2.24) is 24.7 Å². The number of nitrogens with zero attached hydrogens (tertiary/aromatic N) is 5. The molecule has 4 aromatic rings. The molecule has 0 radical (unpaired) electrons. The van der Waals surface area contributed by atoms with Crippen molar-refractivity contribution < 1.29 is 4.39 Å². The maximum atomic E-state index is 14.0. The summed E-state index contributed by atoms with van der Waals surface area (Å²) in [7, 11) is 0. The molecule has 25 heavy (non-hydrogen) atoms. The largest absolute Gasteiger partial charge is 0.253 e. The predicted octanol–water partition coefficient (Wildman–Crippen LogP) is 4.41. The molecule has 0 fully saturated rings. The van der Waals surface area contributed by atoms with Crippen LogP contribution in [0.25, 0.3) is 22.4 Å². The van der Waals surface area contributed by atoms with Crippen LogP contribution < -0.4 is 0 Å². The van der Waals surface area contributed by atoms with Gasteiger partial charge >= 0.3 is 0 Å². The Morgan fingerprint density at radius 2 is 2.00 bits per heavy atom. The maximum absolute atomic E-state index is 14.0. The molecular formula is C17H11BrFN5S. The number of hydrogen-bond donors (Lipinski definition) is 0. The molecule has 0 N–H and O–H groups in total. The molecule has 0 spiro atoms. The minimum Gasteiger partial charge on any atom is -0.253 e. The zero-order valence-corrected chi connectivity index (χ0v) is 15.2. The summed E-state index contributed by atoms with van der Waals surface area (Å²) in [6, 6.07) is 10.3. The van der Waals surface area contributed by atoms with Crippen molar-refractivity contribution in [3.8, 4) is 22.4 Å². The summed E-state index contributed by atoms with van der Waals surface area (Å²) in [6.45, 7) is 0.266. The third-order valence-electron chi connectivity index (χ3n) is 3.52. The van der Waals surface area contributed by atoms with Crippen molar-refractivity contribution in [2.24, 2.45) is 0 Å². The number of halogens is 2. The van der Waals surface area contributed by atoms with Crippen LogP contribution in [0.4, 0.5) is 4.39 Å². The lowest BCUT2D eigenvalue weighted by Gasteiger charge is -2.05. The standard InChI is InChI=1S/C17H11BrFN5S/c18-12-5-6-20-14(9-12)15-22-16(17-21-7-8-25-17)24(23-15)10-11-3-1-2-4-13(11)19/h1-9H,10H2. The Kier molecular flexibility index (Phi) is 4.37. The van der Waals surface area contributed by atoms with Gasteiger partial charge in [-0.25, -0.2) is 19.0 Å². The van der Waals surface area contributed by atoms with Crippen LogP contribution in [0.2, 0.25) is 0 Å². The molecule has 124 valence electrons. The molecule has 0 bridgehead atoms. The number of aromatic nitrogens is 5. The predicted molar refractivity (Wildman–Crippen MR) is 97.6 cm³/mol. The first kappa shape index (κ1) is 16.0. The Bertz CT molecular complexity index is 1020. The molecule has 8 heteroatoms. The third kappa shape index (κ3) is 3.35. The second kappa shape index (κ2) is 6.81. The number of hydrogen-bond acceptors (Lipinski definition) is 5.